The van der Waals surface area contributed by atoms with Crippen molar-refractivity contribution in [2.75, 3.05) is 24.5 Å². The van der Waals surface area contributed by atoms with Crippen LogP contribution in [-0.4, -0.2) is 35.8 Å². The Balaban J connectivity index is 1.81. The number of pyridine rings is 1. The molecular weight excluding hydrogens is 250 g/mol. The number of anilines is 1. The fourth-order valence-corrected chi connectivity index (χ4v) is 3.84. The first-order valence-electron chi connectivity index (χ1n) is 7.82. The fraction of sp³-hybridized carbons (Fsp3) is 0.688. The average Bonchev–Trinajstić information content (AvgIpc) is 3.02. The van der Waals surface area contributed by atoms with Gasteiger partial charge in [0, 0.05) is 36.8 Å². The number of hydrogen-bond acceptors (Lipinski definition) is 4. The van der Waals surface area contributed by atoms with Crippen molar-refractivity contribution < 1.29 is 5.11 Å². The van der Waals surface area contributed by atoms with E-state index in [1.165, 1.54) is 5.56 Å². The number of nitrogens with zero attached hydrogens (tertiary/aromatic N) is 2. The van der Waals surface area contributed by atoms with Gasteiger partial charge < -0.3 is 15.3 Å². The molecule has 3 rings (SSSR count). The van der Waals surface area contributed by atoms with E-state index in [4.69, 9.17) is 0 Å². The molecule has 1 aliphatic carbocycles. The van der Waals surface area contributed by atoms with Gasteiger partial charge in [-0.2, -0.15) is 0 Å². The van der Waals surface area contributed by atoms with Crippen molar-refractivity contribution in [3.05, 3.63) is 23.9 Å². The zero-order valence-corrected chi connectivity index (χ0v) is 12.4. The molecule has 0 radical (unpaired) electrons. The normalized spacial score (nSPS) is 30.6. The van der Waals surface area contributed by atoms with Crippen molar-refractivity contribution >= 4 is 5.82 Å². The van der Waals surface area contributed by atoms with Crippen molar-refractivity contribution in [1.82, 2.24) is 10.3 Å². The highest BCUT2D eigenvalue weighted by atomic mass is 16.3. The van der Waals surface area contributed by atoms with Crippen molar-refractivity contribution in [3.8, 4) is 0 Å². The summed E-state index contributed by atoms with van der Waals surface area (Å²) in [5, 5.41) is 13.5. The first-order chi connectivity index (χ1) is 9.70. The van der Waals surface area contributed by atoms with E-state index in [1.807, 2.05) is 12.3 Å². The second kappa shape index (κ2) is 5.70. The predicted molar refractivity (Wildman–Crippen MR) is 80.8 cm³/mol. The first-order valence-corrected chi connectivity index (χ1v) is 7.82. The summed E-state index contributed by atoms with van der Waals surface area (Å²) in [7, 11) is 0. The van der Waals surface area contributed by atoms with Gasteiger partial charge in [-0.1, -0.05) is 13.0 Å². The van der Waals surface area contributed by atoms with Crippen molar-refractivity contribution in [2.45, 2.75) is 38.8 Å². The molecule has 2 fully saturated rings. The first kappa shape index (κ1) is 13.8. The molecule has 0 aromatic carbocycles. The Morgan fingerprint density at radius 3 is 3.05 bits per heavy atom. The Labute approximate surface area is 121 Å². The molecular formula is C16H25N3O. The van der Waals surface area contributed by atoms with Crippen LogP contribution in [0.2, 0.25) is 0 Å². The molecule has 1 aromatic heterocycles. The van der Waals surface area contributed by atoms with Gasteiger partial charge in [0.2, 0.25) is 0 Å². The quantitative estimate of drug-likeness (QED) is 0.882. The van der Waals surface area contributed by atoms with Gasteiger partial charge in [-0.25, -0.2) is 4.98 Å². The van der Waals surface area contributed by atoms with E-state index in [-0.39, 0.29) is 6.10 Å². The number of aromatic nitrogens is 1. The molecule has 4 unspecified atom stereocenters. The van der Waals surface area contributed by atoms with E-state index in [1.54, 1.807) is 0 Å². The van der Waals surface area contributed by atoms with Gasteiger partial charge in [0.15, 0.2) is 0 Å². The lowest BCUT2D eigenvalue weighted by Crippen LogP contribution is -2.28. The Morgan fingerprint density at radius 2 is 2.30 bits per heavy atom. The predicted octanol–water partition coefficient (Wildman–Crippen LogP) is 1.96. The molecule has 1 aliphatic heterocycles. The molecule has 0 spiro atoms. The number of nitrogens with one attached hydrogen (secondary N) is 1. The minimum Gasteiger partial charge on any atom is -0.393 e. The minimum atomic E-state index is -0.108. The van der Waals surface area contributed by atoms with E-state index in [9.17, 15) is 5.11 Å². The lowest BCUT2D eigenvalue weighted by molar-refractivity contribution is 0.133. The number of aliphatic hydroxyl groups excluding tert-OH is 1. The molecule has 4 heteroatoms. The maximum atomic E-state index is 10.1. The maximum Gasteiger partial charge on any atom is 0.133 e. The average molecular weight is 275 g/mol. The van der Waals surface area contributed by atoms with Crippen LogP contribution in [0.4, 0.5) is 5.82 Å². The van der Waals surface area contributed by atoms with Crippen LogP contribution in [0.25, 0.3) is 0 Å². The molecule has 0 bridgehead atoms. The molecule has 2 heterocycles. The largest absolute Gasteiger partial charge is 0.393 e. The highest BCUT2D eigenvalue weighted by Gasteiger charge is 2.42. The van der Waals surface area contributed by atoms with Crippen LogP contribution in [0.5, 0.6) is 0 Å². The van der Waals surface area contributed by atoms with E-state index in [0.29, 0.717) is 17.9 Å². The van der Waals surface area contributed by atoms with Gasteiger partial charge in [0.25, 0.3) is 0 Å². The van der Waals surface area contributed by atoms with Crippen molar-refractivity contribution in [1.29, 1.82) is 0 Å². The molecule has 1 saturated heterocycles. The lowest BCUT2D eigenvalue weighted by Gasteiger charge is -2.25. The number of rotatable bonds is 4. The SMILES string of the molecule is CCNC(C)c1cccnc1N1CC2CCC(O)C2C1. The molecule has 2 aliphatic rings. The van der Waals surface area contributed by atoms with Crippen LogP contribution in [0.15, 0.2) is 18.3 Å². The molecule has 2 N–H and O–H groups in total. The topological polar surface area (TPSA) is 48.4 Å². The van der Waals surface area contributed by atoms with Crippen LogP contribution in [0.1, 0.15) is 38.3 Å². The van der Waals surface area contributed by atoms with Gasteiger partial charge in [-0.05, 0) is 38.3 Å². The van der Waals surface area contributed by atoms with Gasteiger partial charge >= 0.3 is 0 Å². The summed E-state index contributed by atoms with van der Waals surface area (Å²) in [5.74, 6) is 2.19. The van der Waals surface area contributed by atoms with Gasteiger partial charge in [-0.3, -0.25) is 0 Å². The Morgan fingerprint density at radius 1 is 1.45 bits per heavy atom. The van der Waals surface area contributed by atoms with E-state index in [2.05, 4.69) is 35.1 Å². The molecule has 1 saturated carbocycles. The monoisotopic (exact) mass is 275 g/mol. The smallest absolute Gasteiger partial charge is 0.133 e. The lowest BCUT2D eigenvalue weighted by atomic mass is 10.00. The molecule has 20 heavy (non-hydrogen) atoms. The summed E-state index contributed by atoms with van der Waals surface area (Å²) < 4.78 is 0. The number of fused-ring (bicyclic) bond motifs is 1. The van der Waals surface area contributed by atoms with Crippen LogP contribution < -0.4 is 10.2 Å². The molecule has 4 nitrogen and oxygen atoms in total. The third-order valence-electron chi connectivity index (χ3n) is 4.91. The molecule has 110 valence electrons. The van der Waals surface area contributed by atoms with Crippen LogP contribution in [0, 0.1) is 11.8 Å². The summed E-state index contributed by atoms with van der Waals surface area (Å²) >= 11 is 0. The summed E-state index contributed by atoms with van der Waals surface area (Å²) in [6.45, 7) is 7.28. The zero-order valence-electron chi connectivity index (χ0n) is 12.4. The fourth-order valence-electron chi connectivity index (χ4n) is 3.84. The third kappa shape index (κ3) is 2.42. The summed E-state index contributed by atoms with van der Waals surface area (Å²) in [4.78, 5) is 7.00. The van der Waals surface area contributed by atoms with Crippen LogP contribution in [0.3, 0.4) is 0 Å². The highest BCUT2D eigenvalue weighted by Crippen LogP contribution is 2.40. The van der Waals surface area contributed by atoms with Gasteiger partial charge in [0.05, 0.1) is 6.10 Å². The number of aliphatic hydroxyl groups is 1. The molecule has 4 atom stereocenters. The number of hydrogen-bond donors (Lipinski definition) is 2. The van der Waals surface area contributed by atoms with Gasteiger partial charge in [0.1, 0.15) is 5.82 Å². The summed E-state index contributed by atoms with van der Waals surface area (Å²) in [6.07, 6.45) is 3.91. The van der Waals surface area contributed by atoms with Crippen LogP contribution >= 0.6 is 0 Å². The second-order valence-electron chi connectivity index (χ2n) is 6.17. The molecule has 0 amide bonds. The standard InChI is InChI=1S/C16H25N3O/c1-3-17-11(2)13-5-4-8-18-16(13)19-9-12-6-7-15(20)14(12)10-19/h4-5,8,11-12,14-15,17,20H,3,6-7,9-10H2,1-2H3. The Bertz CT molecular complexity index is 465. The van der Waals surface area contributed by atoms with Crippen molar-refractivity contribution in [3.63, 3.8) is 0 Å². The van der Waals surface area contributed by atoms with Crippen molar-refractivity contribution in [2.24, 2.45) is 11.8 Å². The minimum absolute atomic E-state index is 0.108. The summed E-state index contributed by atoms with van der Waals surface area (Å²) in [6, 6.07) is 4.49. The van der Waals surface area contributed by atoms with E-state index < -0.39 is 0 Å². The van der Waals surface area contributed by atoms with E-state index >= 15 is 0 Å². The zero-order chi connectivity index (χ0) is 14.1. The van der Waals surface area contributed by atoms with Gasteiger partial charge in [-0.15, -0.1) is 0 Å². The van der Waals surface area contributed by atoms with E-state index in [0.717, 1.165) is 38.3 Å². The highest BCUT2D eigenvalue weighted by molar-refractivity contribution is 5.49. The third-order valence-corrected chi connectivity index (χ3v) is 4.91. The Hall–Kier alpha value is -1.13. The second-order valence-corrected chi connectivity index (χ2v) is 6.17. The molecule has 1 aromatic rings. The summed E-state index contributed by atoms with van der Waals surface area (Å²) in [5.41, 5.74) is 1.27. The maximum absolute atomic E-state index is 10.1. The van der Waals surface area contributed by atoms with Crippen LogP contribution in [-0.2, 0) is 0 Å². The Kier molecular flexibility index (Phi) is 3.94.